The van der Waals surface area contributed by atoms with Gasteiger partial charge in [-0.2, -0.15) is 0 Å². The third-order valence-corrected chi connectivity index (χ3v) is 4.42. The molecule has 1 aliphatic carbocycles. The molecule has 1 aromatic heterocycles. The van der Waals surface area contributed by atoms with Crippen LogP contribution in [0, 0.1) is 0 Å². The molecule has 21 heavy (non-hydrogen) atoms. The third kappa shape index (κ3) is 2.11. The number of aliphatic carboxylic acids is 1. The van der Waals surface area contributed by atoms with Crippen molar-refractivity contribution in [2.24, 2.45) is 0 Å². The number of nitrogens with zero attached hydrogens (tertiary/aromatic N) is 1. The summed E-state index contributed by atoms with van der Waals surface area (Å²) in [5, 5.41) is 9.78. The fourth-order valence-corrected chi connectivity index (χ4v) is 3.35. The summed E-state index contributed by atoms with van der Waals surface area (Å²) in [5.74, 6) is 0.0170. The molecule has 1 N–H and O–H groups in total. The summed E-state index contributed by atoms with van der Waals surface area (Å²) in [4.78, 5) is 11.9. The minimum atomic E-state index is -0.820. The van der Waals surface area contributed by atoms with E-state index >= 15 is 0 Å². The molecule has 1 saturated carbocycles. The average Bonchev–Trinajstić information content (AvgIpc) is 3.16. The molecule has 1 aromatic carbocycles. The molecule has 4 nitrogen and oxygen atoms in total. The summed E-state index contributed by atoms with van der Waals surface area (Å²) in [7, 11) is 1.63. The van der Waals surface area contributed by atoms with Crippen LogP contribution < -0.4 is 4.74 Å². The lowest BCUT2D eigenvalue weighted by Crippen LogP contribution is -2.39. The largest absolute Gasteiger partial charge is 0.496 e. The molecule has 1 aliphatic rings. The number of ether oxygens (including phenoxy) is 1. The zero-order valence-electron chi connectivity index (χ0n) is 12.1. The first-order valence-electron chi connectivity index (χ1n) is 7.24. The Hall–Kier alpha value is -2.23. The maximum Gasteiger partial charge on any atom is 0.329 e. The Balaban J connectivity index is 2.15. The zero-order valence-corrected chi connectivity index (χ0v) is 12.1. The molecule has 0 atom stereocenters. The third-order valence-electron chi connectivity index (χ3n) is 4.42. The summed E-state index contributed by atoms with van der Waals surface area (Å²) in [6, 6.07) is 11.6. The van der Waals surface area contributed by atoms with Gasteiger partial charge >= 0.3 is 5.97 Å². The van der Waals surface area contributed by atoms with Crippen molar-refractivity contribution in [3.05, 3.63) is 42.6 Å². The van der Waals surface area contributed by atoms with Crippen LogP contribution in [0.1, 0.15) is 25.7 Å². The van der Waals surface area contributed by atoms with Gasteiger partial charge in [0.1, 0.15) is 11.3 Å². The van der Waals surface area contributed by atoms with Gasteiger partial charge in [0.15, 0.2) is 0 Å². The number of carboxylic acid groups (broad SMARTS) is 1. The van der Waals surface area contributed by atoms with Crippen LogP contribution in [-0.2, 0) is 10.3 Å². The first-order chi connectivity index (χ1) is 10.2. The first kappa shape index (κ1) is 13.7. The summed E-state index contributed by atoms with van der Waals surface area (Å²) in [5.41, 5.74) is 1.01. The van der Waals surface area contributed by atoms with E-state index in [0.29, 0.717) is 12.8 Å². The normalized spacial score (nSPS) is 16.8. The second kappa shape index (κ2) is 5.28. The van der Waals surface area contributed by atoms with Crippen molar-refractivity contribution in [3.8, 4) is 17.0 Å². The molecule has 0 amide bonds. The number of rotatable bonds is 4. The van der Waals surface area contributed by atoms with Gasteiger partial charge in [-0.1, -0.05) is 25.0 Å². The molecule has 110 valence electrons. The topological polar surface area (TPSA) is 51.5 Å². The van der Waals surface area contributed by atoms with Crippen LogP contribution in [0.4, 0.5) is 0 Å². The van der Waals surface area contributed by atoms with Gasteiger partial charge in [-0.25, -0.2) is 4.79 Å². The first-order valence-corrected chi connectivity index (χ1v) is 7.24. The van der Waals surface area contributed by atoms with E-state index in [4.69, 9.17) is 4.74 Å². The summed E-state index contributed by atoms with van der Waals surface area (Å²) in [6.07, 6.45) is 5.14. The SMILES string of the molecule is COc1ccccc1-c1cccn1C1(C(=O)O)CCCC1. The molecule has 3 rings (SSSR count). The predicted molar refractivity (Wildman–Crippen MR) is 80.5 cm³/mol. The maximum atomic E-state index is 11.9. The molecular formula is C17H19NO3. The van der Waals surface area contributed by atoms with Crippen LogP contribution in [0.25, 0.3) is 11.3 Å². The van der Waals surface area contributed by atoms with E-state index in [9.17, 15) is 9.90 Å². The number of methoxy groups -OCH3 is 1. The van der Waals surface area contributed by atoms with E-state index in [2.05, 4.69) is 0 Å². The summed E-state index contributed by atoms with van der Waals surface area (Å²) in [6.45, 7) is 0. The van der Waals surface area contributed by atoms with E-state index in [1.807, 2.05) is 47.2 Å². The monoisotopic (exact) mass is 285 g/mol. The Morgan fingerprint density at radius 2 is 1.90 bits per heavy atom. The highest BCUT2D eigenvalue weighted by molar-refractivity contribution is 5.79. The molecule has 1 fully saturated rings. The van der Waals surface area contributed by atoms with Crippen molar-refractivity contribution in [3.63, 3.8) is 0 Å². The fraction of sp³-hybridized carbons (Fsp3) is 0.353. The molecule has 0 saturated heterocycles. The highest BCUT2D eigenvalue weighted by Gasteiger charge is 2.43. The summed E-state index contributed by atoms with van der Waals surface area (Å²) >= 11 is 0. The standard InChI is InChI=1S/C17H19NO3/c1-21-15-9-3-2-7-13(15)14-8-6-12-18(14)17(16(19)20)10-4-5-11-17/h2-3,6-9,12H,4-5,10-11H2,1H3,(H,19,20). The van der Waals surface area contributed by atoms with E-state index in [-0.39, 0.29) is 0 Å². The molecule has 1 heterocycles. The quantitative estimate of drug-likeness (QED) is 0.935. The smallest absolute Gasteiger partial charge is 0.329 e. The molecule has 0 radical (unpaired) electrons. The average molecular weight is 285 g/mol. The van der Waals surface area contributed by atoms with E-state index in [1.54, 1.807) is 7.11 Å². The van der Waals surface area contributed by atoms with Gasteiger partial charge in [-0.15, -0.1) is 0 Å². The number of benzene rings is 1. The second-order valence-corrected chi connectivity index (χ2v) is 5.51. The number of aromatic nitrogens is 1. The lowest BCUT2D eigenvalue weighted by Gasteiger charge is -2.29. The molecule has 0 spiro atoms. The highest BCUT2D eigenvalue weighted by Crippen LogP contribution is 2.41. The van der Waals surface area contributed by atoms with Crippen LogP contribution in [0.3, 0.4) is 0 Å². The van der Waals surface area contributed by atoms with Crippen LogP contribution in [0.5, 0.6) is 5.75 Å². The van der Waals surface area contributed by atoms with E-state index in [1.165, 1.54) is 0 Å². The Morgan fingerprint density at radius 3 is 2.57 bits per heavy atom. The van der Waals surface area contributed by atoms with Crippen molar-refractivity contribution in [2.45, 2.75) is 31.2 Å². The lowest BCUT2D eigenvalue weighted by molar-refractivity contribution is -0.147. The fourth-order valence-electron chi connectivity index (χ4n) is 3.35. The zero-order chi connectivity index (χ0) is 14.9. The van der Waals surface area contributed by atoms with Crippen molar-refractivity contribution < 1.29 is 14.6 Å². The number of carbonyl (C=O) groups is 1. The van der Waals surface area contributed by atoms with Gasteiger partial charge in [-0.05, 0) is 37.1 Å². The van der Waals surface area contributed by atoms with Crippen LogP contribution >= 0.6 is 0 Å². The molecular weight excluding hydrogens is 266 g/mol. The van der Waals surface area contributed by atoms with Gasteiger partial charge in [-0.3, -0.25) is 0 Å². The van der Waals surface area contributed by atoms with Gasteiger partial charge in [0.05, 0.1) is 12.8 Å². The maximum absolute atomic E-state index is 11.9. The van der Waals surface area contributed by atoms with Crippen molar-refractivity contribution in [1.29, 1.82) is 0 Å². The van der Waals surface area contributed by atoms with Gasteiger partial charge in [0.2, 0.25) is 0 Å². The summed E-state index contributed by atoms with van der Waals surface area (Å²) < 4.78 is 7.34. The predicted octanol–water partition coefficient (Wildman–Crippen LogP) is 3.52. The Kier molecular flexibility index (Phi) is 3.45. The minimum absolute atomic E-state index is 0.680. The minimum Gasteiger partial charge on any atom is -0.496 e. The number of carboxylic acids is 1. The van der Waals surface area contributed by atoms with Gasteiger partial charge in [0.25, 0.3) is 0 Å². The Bertz CT molecular complexity index is 654. The number of hydrogen-bond donors (Lipinski definition) is 1. The van der Waals surface area contributed by atoms with Crippen molar-refractivity contribution >= 4 is 5.97 Å². The van der Waals surface area contributed by atoms with E-state index < -0.39 is 11.5 Å². The molecule has 4 heteroatoms. The Labute approximate surface area is 124 Å². The number of hydrogen-bond acceptors (Lipinski definition) is 2. The molecule has 0 unspecified atom stereocenters. The van der Waals surface area contributed by atoms with Crippen molar-refractivity contribution in [2.75, 3.05) is 7.11 Å². The molecule has 2 aromatic rings. The van der Waals surface area contributed by atoms with Crippen LogP contribution in [0.15, 0.2) is 42.6 Å². The molecule has 0 aliphatic heterocycles. The number of para-hydroxylation sites is 1. The van der Waals surface area contributed by atoms with Gasteiger partial charge < -0.3 is 14.4 Å². The molecule has 0 bridgehead atoms. The van der Waals surface area contributed by atoms with Crippen LogP contribution in [-0.4, -0.2) is 22.8 Å². The Morgan fingerprint density at radius 1 is 1.19 bits per heavy atom. The van der Waals surface area contributed by atoms with Gasteiger partial charge in [0, 0.05) is 11.8 Å². The second-order valence-electron chi connectivity index (χ2n) is 5.51. The highest BCUT2D eigenvalue weighted by atomic mass is 16.5. The lowest BCUT2D eigenvalue weighted by atomic mass is 9.96. The van der Waals surface area contributed by atoms with Crippen LogP contribution in [0.2, 0.25) is 0 Å². The van der Waals surface area contributed by atoms with E-state index in [0.717, 1.165) is 29.8 Å². The van der Waals surface area contributed by atoms with Crippen molar-refractivity contribution in [1.82, 2.24) is 4.57 Å².